The first-order valence-corrected chi connectivity index (χ1v) is 11.5. The van der Waals surface area contributed by atoms with E-state index in [-0.39, 0.29) is 17.7 Å². The predicted octanol–water partition coefficient (Wildman–Crippen LogP) is 3.57. The fourth-order valence-electron chi connectivity index (χ4n) is 3.66. The van der Waals surface area contributed by atoms with Gasteiger partial charge in [0.05, 0.1) is 23.7 Å². The van der Waals surface area contributed by atoms with Crippen molar-refractivity contribution < 1.29 is 9.59 Å². The van der Waals surface area contributed by atoms with E-state index >= 15 is 0 Å². The molecule has 1 N–H and O–H groups in total. The number of nitrogens with one attached hydrogen (secondary N) is 1. The minimum absolute atomic E-state index is 0.166. The molecule has 2 aromatic heterocycles. The molecule has 1 saturated heterocycles. The average Bonchev–Trinajstić information content (AvgIpc) is 3.30. The maximum absolute atomic E-state index is 12.6. The lowest BCUT2D eigenvalue weighted by Gasteiger charge is -2.31. The van der Waals surface area contributed by atoms with Gasteiger partial charge in [-0.1, -0.05) is 12.5 Å². The summed E-state index contributed by atoms with van der Waals surface area (Å²) in [5, 5.41) is 8.17. The van der Waals surface area contributed by atoms with Gasteiger partial charge in [-0.3, -0.25) is 9.59 Å². The minimum atomic E-state index is 0.166. The number of rotatable bonds is 6. The second kappa shape index (κ2) is 8.52. The molecule has 7 heteroatoms. The highest BCUT2D eigenvalue weighted by atomic mass is 32.1. The first kappa shape index (κ1) is 18.6. The Morgan fingerprint density at radius 3 is 2.85 bits per heavy atom. The maximum Gasteiger partial charge on any atom is 0.227 e. The zero-order valence-electron chi connectivity index (χ0n) is 15.4. The van der Waals surface area contributed by atoms with Gasteiger partial charge in [0.2, 0.25) is 11.8 Å². The van der Waals surface area contributed by atoms with Crippen LogP contribution in [0.1, 0.15) is 53.6 Å². The summed E-state index contributed by atoms with van der Waals surface area (Å²) < 4.78 is 0. The third kappa shape index (κ3) is 4.58. The summed E-state index contributed by atoms with van der Waals surface area (Å²) in [6.07, 6.45) is 5.80. The second-order valence-electron chi connectivity index (χ2n) is 7.46. The number of hydrogen-bond donors (Lipinski definition) is 1. The molecule has 0 bridgehead atoms. The van der Waals surface area contributed by atoms with Gasteiger partial charge in [-0.25, -0.2) is 4.98 Å². The molecule has 1 unspecified atom stereocenters. The number of nitrogens with zero attached hydrogens (tertiary/aromatic N) is 2. The number of thiophene rings is 1. The van der Waals surface area contributed by atoms with E-state index in [2.05, 4.69) is 5.32 Å². The number of thiazole rings is 1. The van der Waals surface area contributed by atoms with Crippen LogP contribution in [-0.4, -0.2) is 34.8 Å². The summed E-state index contributed by atoms with van der Waals surface area (Å²) in [5.41, 5.74) is 0.935. The van der Waals surface area contributed by atoms with Crippen molar-refractivity contribution in [2.45, 2.75) is 51.0 Å². The van der Waals surface area contributed by atoms with Crippen LogP contribution >= 0.6 is 22.7 Å². The number of hydrogen-bond acceptors (Lipinski definition) is 5. The van der Waals surface area contributed by atoms with Gasteiger partial charge in [-0.05, 0) is 37.1 Å². The van der Waals surface area contributed by atoms with Crippen LogP contribution in [-0.2, 0) is 22.6 Å². The van der Waals surface area contributed by atoms with E-state index in [1.54, 1.807) is 22.7 Å². The molecule has 4 rings (SSSR count). The van der Waals surface area contributed by atoms with E-state index in [1.165, 1.54) is 6.42 Å². The summed E-state index contributed by atoms with van der Waals surface area (Å²) in [6.45, 7) is 2.11. The normalized spacial score (nSPS) is 20.3. The molecule has 0 spiro atoms. The van der Waals surface area contributed by atoms with Gasteiger partial charge in [-0.2, -0.15) is 0 Å². The van der Waals surface area contributed by atoms with Crippen molar-refractivity contribution in [2.75, 3.05) is 13.1 Å². The molecule has 2 fully saturated rings. The molecule has 5 nitrogen and oxygen atoms in total. The molecule has 2 aromatic rings. The van der Waals surface area contributed by atoms with Crippen LogP contribution in [0, 0.1) is 5.92 Å². The van der Waals surface area contributed by atoms with E-state index in [0.29, 0.717) is 18.9 Å². The topological polar surface area (TPSA) is 62.3 Å². The molecule has 3 heterocycles. The average molecular weight is 404 g/mol. The van der Waals surface area contributed by atoms with Crippen molar-refractivity contribution in [2.24, 2.45) is 5.92 Å². The molecule has 144 valence electrons. The van der Waals surface area contributed by atoms with Crippen molar-refractivity contribution in [1.29, 1.82) is 0 Å². The van der Waals surface area contributed by atoms with Crippen LogP contribution in [0.5, 0.6) is 0 Å². The van der Waals surface area contributed by atoms with Crippen LogP contribution in [0.25, 0.3) is 0 Å². The first-order valence-electron chi connectivity index (χ1n) is 9.71. The Bertz CT molecular complexity index is 783. The van der Waals surface area contributed by atoms with Gasteiger partial charge in [-0.15, -0.1) is 22.7 Å². The van der Waals surface area contributed by atoms with E-state index in [1.807, 2.05) is 27.8 Å². The van der Waals surface area contributed by atoms with Crippen LogP contribution in [0.15, 0.2) is 22.9 Å². The molecule has 1 saturated carbocycles. The summed E-state index contributed by atoms with van der Waals surface area (Å²) in [5.74, 6) is 0.905. The predicted molar refractivity (Wildman–Crippen MR) is 108 cm³/mol. The van der Waals surface area contributed by atoms with Crippen molar-refractivity contribution >= 4 is 34.5 Å². The highest BCUT2D eigenvalue weighted by Crippen LogP contribution is 2.30. The highest BCUT2D eigenvalue weighted by molar-refractivity contribution is 7.10. The Balaban J connectivity index is 1.30. The number of aromatic nitrogens is 1. The molecule has 0 radical (unpaired) electrons. The molecule has 2 amide bonds. The highest BCUT2D eigenvalue weighted by Gasteiger charge is 2.27. The van der Waals surface area contributed by atoms with E-state index in [9.17, 15) is 9.59 Å². The molecule has 27 heavy (non-hydrogen) atoms. The number of piperidine rings is 1. The Morgan fingerprint density at radius 1 is 1.22 bits per heavy atom. The van der Waals surface area contributed by atoms with Crippen LogP contribution < -0.4 is 5.32 Å². The maximum atomic E-state index is 12.6. The standard InChI is InChI=1S/C20H25N3O2S2/c24-18(10-17-7-3-9-26-17)23-8-2-6-15(12-23)20-22-16(13-27-20)11-21-19(25)14-4-1-5-14/h3,7,9,13-15H,1-2,4-6,8,10-12H2,(H,21,25). The Kier molecular flexibility index (Phi) is 5.88. The van der Waals surface area contributed by atoms with Crippen LogP contribution in [0.3, 0.4) is 0 Å². The van der Waals surface area contributed by atoms with Crippen LogP contribution in [0.4, 0.5) is 0 Å². The van der Waals surface area contributed by atoms with Gasteiger partial charge < -0.3 is 10.2 Å². The van der Waals surface area contributed by atoms with Crippen LogP contribution in [0.2, 0.25) is 0 Å². The lowest BCUT2D eigenvalue weighted by Crippen LogP contribution is -2.39. The van der Waals surface area contributed by atoms with Gasteiger partial charge >= 0.3 is 0 Å². The zero-order valence-corrected chi connectivity index (χ0v) is 17.0. The molecule has 2 aliphatic rings. The molecule has 0 aromatic carbocycles. The number of amides is 2. The fraction of sp³-hybridized carbons (Fsp3) is 0.550. The summed E-state index contributed by atoms with van der Waals surface area (Å²) >= 11 is 3.30. The Labute approximate surface area is 167 Å². The van der Waals surface area contributed by atoms with Gasteiger partial charge in [0.1, 0.15) is 0 Å². The Hall–Kier alpha value is -1.73. The fourth-order valence-corrected chi connectivity index (χ4v) is 5.31. The third-order valence-corrected chi connectivity index (χ3v) is 7.45. The first-order chi connectivity index (χ1) is 13.2. The molecular formula is C20H25N3O2S2. The lowest BCUT2D eigenvalue weighted by molar-refractivity contribution is -0.131. The monoisotopic (exact) mass is 403 g/mol. The summed E-state index contributed by atoms with van der Waals surface area (Å²) in [4.78, 5) is 32.4. The quantitative estimate of drug-likeness (QED) is 0.802. The van der Waals surface area contributed by atoms with Gasteiger partial charge in [0.15, 0.2) is 0 Å². The van der Waals surface area contributed by atoms with Crippen molar-refractivity contribution in [3.63, 3.8) is 0 Å². The van der Waals surface area contributed by atoms with Crippen molar-refractivity contribution in [3.8, 4) is 0 Å². The molecule has 1 aliphatic heterocycles. The van der Waals surface area contributed by atoms with E-state index in [4.69, 9.17) is 4.98 Å². The molecule has 1 atom stereocenters. The summed E-state index contributed by atoms with van der Waals surface area (Å²) in [6, 6.07) is 4.02. The van der Waals surface area contributed by atoms with E-state index in [0.717, 1.165) is 54.4 Å². The van der Waals surface area contributed by atoms with E-state index < -0.39 is 0 Å². The summed E-state index contributed by atoms with van der Waals surface area (Å²) in [7, 11) is 0. The number of carbonyl (C=O) groups excluding carboxylic acids is 2. The Morgan fingerprint density at radius 2 is 2.11 bits per heavy atom. The minimum Gasteiger partial charge on any atom is -0.350 e. The SMILES string of the molecule is O=C(NCc1csc(C2CCCN(C(=O)Cc3cccs3)C2)n1)C1CCC1. The largest absolute Gasteiger partial charge is 0.350 e. The molecular weight excluding hydrogens is 378 g/mol. The third-order valence-electron chi connectivity index (χ3n) is 5.52. The molecule has 1 aliphatic carbocycles. The smallest absolute Gasteiger partial charge is 0.227 e. The van der Waals surface area contributed by atoms with Crippen molar-refractivity contribution in [3.05, 3.63) is 38.5 Å². The van der Waals surface area contributed by atoms with Crippen molar-refractivity contribution in [1.82, 2.24) is 15.2 Å². The number of likely N-dealkylation sites (tertiary alicyclic amines) is 1. The van der Waals surface area contributed by atoms with Gasteiger partial charge in [0, 0.05) is 35.2 Å². The van der Waals surface area contributed by atoms with Gasteiger partial charge in [0.25, 0.3) is 0 Å². The number of carbonyl (C=O) groups is 2. The second-order valence-corrected chi connectivity index (χ2v) is 9.38. The lowest BCUT2D eigenvalue weighted by atomic mass is 9.85. The zero-order chi connectivity index (χ0) is 18.6.